The maximum absolute atomic E-state index is 13.5. The van der Waals surface area contributed by atoms with Crippen LogP contribution in [-0.4, -0.2) is 42.1 Å². The minimum atomic E-state index is -0.0324. The predicted octanol–water partition coefficient (Wildman–Crippen LogP) is 7.76. The summed E-state index contributed by atoms with van der Waals surface area (Å²) in [5, 5.41) is 0.523. The van der Waals surface area contributed by atoms with E-state index in [4.69, 9.17) is 21.3 Å². The molecule has 0 bridgehead atoms. The summed E-state index contributed by atoms with van der Waals surface area (Å²) in [6.45, 7) is 10.4. The third-order valence-electron chi connectivity index (χ3n) is 6.81. The lowest BCUT2D eigenvalue weighted by Gasteiger charge is -2.24. The molecule has 1 aromatic heterocycles. The summed E-state index contributed by atoms with van der Waals surface area (Å²) in [7, 11) is 1.70. The molecule has 0 spiro atoms. The number of aryl methyl sites for hydroxylation is 1. The fourth-order valence-corrected chi connectivity index (χ4v) is 5.33. The highest BCUT2D eigenvalue weighted by atomic mass is 79.9. The third-order valence-corrected chi connectivity index (χ3v) is 7.62. The van der Waals surface area contributed by atoms with E-state index in [0.29, 0.717) is 36.1 Å². The Hall–Kier alpha value is -2.57. The largest absolute Gasteiger partial charge is 0.496 e. The van der Waals surface area contributed by atoms with Gasteiger partial charge in [0.15, 0.2) is 0 Å². The van der Waals surface area contributed by atoms with Crippen LogP contribution in [0.4, 0.5) is 0 Å². The van der Waals surface area contributed by atoms with Gasteiger partial charge in [-0.15, -0.1) is 0 Å². The number of carbonyl (C=O) groups excluding carboxylic acids is 1. The first-order valence-electron chi connectivity index (χ1n) is 13.8. The Morgan fingerprint density at radius 1 is 1.10 bits per heavy atom. The van der Waals surface area contributed by atoms with Crippen molar-refractivity contribution in [2.45, 2.75) is 59.4 Å². The van der Waals surface area contributed by atoms with Crippen LogP contribution in [0.3, 0.4) is 0 Å². The highest BCUT2D eigenvalue weighted by Gasteiger charge is 2.19. The number of hydrogen-bond acceptors (Lipinski definition) is 3. The monoisotopic (exact) mass is 613 g/mol. The minimum absolute atomic E-state index is 0.0324. The molecule has 0 radical (unpaired) electrons. The van der Waals surface area contributed by atoms with Crippen molar-refractivity contribution in [3.8, 4) is 5.75 Å². The summed E-state index contributed by atoms with van der Waals surface area (Å²) in [6, 6.07) is 18.1. The maximum Gasteiger partial charge on any atom is 0.255 e. The number of amides is 1. The van der Waals surface area contributed by atoms with E-state index in [0.717, 1.165) is 52.5 Å². The highest BCUT2D eigenvalue weighted by molar-refractivity contribution is 9.10. The molecule has 1 amide bonds. The molecule has 1 unspecified atom stereocenters. The average molecular weight is 615 g/mol. The molecule has 7 heteroatoms. The van der Waals surface area contributed by atoms with Gasteiger partial charge in [0, 0.05) is 29.8 Å². The minimum Gasteiger partial charge on any atom is -0.496 e. The second-order valence-electron chi connectivity index (χ2n) is 10.4. The molecule has 0 aliphatic rings. The Labute approximate surface area is 247 Å². The first-order chi connectivity index (χ1) is 18.7. The Kier molecular flexibility index (Phi) is 12.1. The molecule has 39 heavy (non-hydrogen) atoms. The SMILES string of the molecule is CCCc1ccc(C(=O)N(CCN=c2ccccn2C(C)Cc2cc(Br)ccc2OC)CCC(C)C)c(Cl)c1. The van der Waals surface area contributed by atoms with Gasteiger partial charge in [0.25, 0.3) is 5.91 Å². The number of pyridine rings is 1. The molecule has 1 atom stereocenters. The van der Waals surface area contributed by atoms with E-state index in [1.807, 2.05) is 53.4 Å². The van der Waals surface area contributed by atoms with E-state index in [9.17, 15) is 4.79 Å². The summed E-state index contributed by atoms with van der Waals surface area (Å²) < 4.78 is 8.80. The van der Waals surface area contributed by atoms with Crippen molar-refractivity contribution in [3.05, 3.63) is 92.5 Å². The predicted molar refractivity (Wildman–Crippen MR) is 165 cm³/mol. The van der Waals surface area contributed by atoms with Crippen LogP contribution in [0.1, 0.15) is 68.1 Å². The van der Waals surface area contributed by atoms with Crippen LogP contribution in [0.5, 0.6) is 5.75 Å². The van der Waals surface area contributed by atoms with Gasteiger partial charge in [-0.25, -0.2) is 0 Å². The average Bonchev–Trinajstić information content (AvgIpc) is 2.90. The van der Waals surface area contributed by atoms with Crippen LogP contribution >= 0.6 is 27.5 Å². The molecule has 0 N–H and O–H groups in total. The van der Waals surface area contributed by atoms with Crippen LogP contribution in [-0.2, 0) is 12.8 Å². The highest BCUT2D eigenvalue weighted by Crippen LogP contribution is 2.26. The lowest BCUT2D eigenvalue weighted by Crippen LogP contribution is -2.35. The zero-order valence-electron chi connectivity index (χ0n) is 23.8. The van der Waals surface area contributed by atoms with Crippen LogP contribution in [0.2, 0.25) is 5.02 Å². The van der Waals surface area contributed by atoms with Gasteiger partial charge in [0.05, 0.1) is 24.2 Å². The Morgan fingerprint density at radius 3 is 2.59 bits per heavy atom. The maximum atomic E-state index is 13.5. The molecule has 2 aromatic carbocycles. The van der Waals surface area contributed by atoms with Gasteiger partial charge in [0.2, 0.25) is 0 Å². The molecule has 0 saturated carbocycles. The van der Waals surface area contributed by atoms with Gasteiger partial charge in [0.1, 0.15) is 11.2 Å². The van der Waals surface area contributed by atoms with Crippen molar-refractivity contribution >= 4 is 33.4 Å². The number of ether oxygens (including phenoxy) is 1. The first kappa shape index (κ1) is 31.0. The number of halogens is 2. The normalized spacial score (nSPS) is 12.6. The van der Waals surface area contributed by atoms with Gasteiger partial charge in [-0.3, -0.25) is 9.79 Å². The molecule has 5 nitrogen and oxygen atoms in total. The summed E-state index contributed by atoms with van der Waals surface area (Å²) in [6.07, 6.45) is 5.78. The number of nitrogens with zero attached hydrogens (tertiary/aromatic N) is 3. The molecule has 210 valence electrons. The van der Waals surface area contributed by atoms with E-state index >= 15 is 0 Å². The third kappa shape index (κ3) is 8.97. The second kappa shape index (κ2) is 15.3. The topological polar surface area (TPSA) is 46.8 Å². The number of aromatic nitrogens is 1. The van der Waals surface area contributed by atoms with E-state index in [1.165, 1.54) is 0 Å². The standard InChI is InChI=1S/C32H41BrClN3O2/c1-6-9-25-11-13-28(29(34)21-25)32(38)36(18-15-23(2)3)19-16-35-31-10-7-8-17-37(31)24(4)20-26-22-27(33)12-14-30(26)39-5/h7-8,10-14,17,21-24H,6,9,15-16,18-20H2,1-5H3. The number of rotatable bonds is 13. The van der Waals surface area contributed by atoms with E-state index in [-0.39, 0.29) is 11.9 Å². The lowest BCUT2D eigenvalue weighted by atomic mass is 10.1. The summed E-state index contributed by atoms with van der Waals surface area (Å²) in [4.78, 5) is 20.4. The fraction of sp³-hybridized carbons (Fsp3) is 0.438. The van der Waals surface area contributed by atoms with Gasteiger partial charge in [-0.2, -0.15) is 0 Å². The van der Waals surface area contributed by atoms with Gasteiger partial charge in [-0.05, 0) is 85.7 Å². The molecule has 0 aliphatic carbocycles. The van der Waals surface area contributed by atoms with Crippen molar-refractivity contribution < 1.29 is 9.53 Å². The van der Waals surface area contributed by atoms with Crippen molar-refractivity contribution in [3.63, 3.8) is 0 Å². The summed E-state index contributed by atoms with van der Waals surface area (Å²) in [5.74, 6) is 1.34. The molecule has 3 aromatic rings. The number of hydrogen-bond donors (Lipinski definition) is 0. The van der Waals surface area contributed by atoms with E-state index in [2.05, 4.69) is 60.5 Å². The Bertz CT molecular complexity index is 1300. The van der Waals surface area contributed by atoms with Crippen LogP contribution in [0.15, 0.2) is 70.3 Å². The van der Waals surface area contributed by atoms with E-state index in [1.54, 1.807) is 7.11 Å². The van der Waals surface area contributed by atoms with Crippen LogP contribution in [0, 0.1) is 5.92 Å². The second-order valence-corrected chi connectivity index (χ2v) is 11.7. The molecular formula is C32H41BrClN3O2. The number of carbonyl (C=O) groups is 1. The van der Waals surface area contributed by atoms with E-state index < -0.39 is 0 Å². The quantitative estimate of drug-likeness (QED) is 0.198. The van der Waals surface area contributed by atoms with Crippen molar-refractivity contribution in [2.24, 2.45) is 10.9 Å². The van der Waals surface area contributed by atoms with Crippen molar-refractivity contribution in [1.29, 1.82) is 0 Å². The molecule has 0 fully saturated rings. The van der Waals surface area contributed by atoms with Crippen LogP contribution < -0.4 is 10.2 Å². The summed E-state index contributed by atoms with van der Waals surface area (Å²) in [5.41, 5.74) is 3.74. The lowest BCUT2D eigenvalue weighted by molar-refractivity contribution is 0.0753. The van der Waals surface area contributed by atoms with Crippen molar-refractivity contribution in [2.75, 3.05) is 26.7 Å². The van der Waals surface area contributed by atoms with Crippen LogP contribution in [0.25, 0.3) is 0 Å². The molecule has 0 aliphatic heterocycles. The van der Waals surface area contributed by atoms with Crippen molar-refractivity contribution in [1.82, 2.24) is 9.47 Å². The van der Waals surface area contributed by atoms with Gasteiger partial charge < -0.3 is 14.2 Å². The fourth-order valence-electron chi connectivity index (χ4n) is 4.64. The number of benzene rings is 2. The molecule has 0 saturated heterocycles. The first-order valence-corrected chi connectivity index (χ1v) is 15.0. The smallest absolute Gasteiger partial charge is 0.255 e. The zero-order chi connectivity index (χ0) is 28.4. The van der Waals surface area contributed by atoms with Gasteiger partial charge >= 0.3 is 0 Å². The molecular weight excluding hydrogens is 574 g/mol. The molecule has 1 heterocycles. The zero-order valence-corrected chi connectivity index (χ0v) is 26.1. The van der Waals surface area contributed by atoms with Gasteiger partial charge in [-0.1, -0.05) is 66.9 Å². The molecule has 3 rings (SSSR count). The Balaban J connectivity index is 1.79. The number of methoxy groups -OCH3 is 1. The Morgan fingerprint density at radius 2 is 1.90 bits per heavy atom. The summed E-state index contributed by atoms with van der Waals surface area (Å²) >= 11 is 10.1.